The van der Waals surface area contributed by atoms with E-state index in [0.717, 1.165) is 22.1 Å². The topological polar surface area (TPSA) is 130 Å². The van der Waals surface area contributed by atoms with Crippen molar-refractivity contribution in [1.29, 1.82) is 0 Å². The van der Waals surface area contributed by atoms with Crippen molar-refractivity contribution in [2.24, 2.45) is 0 Å². The monoisotopic (exact) mass is 312 g/mol. The van der Waals surface area contributed by atoms with Crippen LogP contribution in [-0.4, -0.2) is 100 Å². The summed E-state index contributed by atoms with van der Waals surface area (Å²) in [5, 5.41) is 34.9. The maximum atomic E-state index is 9.06. The Balaban J connectivity index is -0.000000231. The van der Waals surface area contributed by atoms with Crippen LogP contribution in [0, 0.1) is 0 Å². The minimum absolute atomic E-state index is 0.281. The first kappa shape index (κ1) is 24.6. The highest BCUT2D eigenvalue weighted by Gasteiger charge is 2.02. The van der Waals surface area contributed by atoms with Gasteiger partial charge < -0.3 is 43.7 Å². The predicted octanol–water partition coefficient (Wildman–Crippen LogP) is -2.94. The molecule has 128 valence electrons. The molecular weight excluding hydrogens is 284 g/mol. The first-order chi connectivity index (χ1) is 9.25. The van der Waals surface area contributed by atoms with Gasteiger partial charge in [0.25, 0.3) is 12.3 Å². The number of hydrogen-bond acceptors (Lipinski definition) is 7. The zero-order valence-corrected chi connectivity index (χ0v) is 13.7. The van der Waals surface area contributed by atoms with Gasteiger partial charge in [-0.3, -0.25) is 0 Å². The zero-order valence-electron chi connectivity index (χ0n) is 13.7. The maximum Gasteiger partial charge on any atom is 0.259 e. The smallest absolute Gasteiger partial charge is 0.259 e. The molecule has 0 saturated carbocycles. The summed E-state index contributed by atoms with van der Waals surface area (Å²) in [5.41, 5.74) is 0. The van der Waals surface area contributed by atoms with E-state index in [1.54, 1.807) is 0 Å². The molecule has 0 aromatic carbocycles. The molecule has 0 fully saturated rings. The standard InChI is InChI=1S/2C5H14NO.C2H2O5/c2*1-6(2,3)4-5-7;3-1(4)7-2(5)6/h2*7H,4-5H2,1-3H3;(H,3,4)(H,5,6)/q2*+1;/p-2. The lowest BCUT2D eigenvalue weighted by Gasteiger charge is -2.21. The van der Waals surface area contributed by atoms with E-state index in [1.165, 1.54) is 0 Å². The first-order valence-electron chi connectivity index (χ1n) is 6.17. The number of likely N-dealkylation sites (N-methyl/N-ethyl adjacent to an activating group) is 2. The van der Waals surface area contributed by atoms with Crippen molar-refractivity contribution in [3.63, 3.8) is 0 Å². The van der Waals surface area contributed by atoms with E-state index in [4.69, 9.17) is 30.0 Å². The molecule has 2 N–H and O–H groups in total. The van der Waals surface area contributed by atoms with Crippen molar-refractivity contribution in [3.8, 4) is 0 Å². The SMILES string of the molecule is C[N+](C)(C)CCO.C[N+](C)(C)CCO.O=C([O-])OC(=O)[O-]. The second kappa shape index (κ2) is 12.3. The summed E-state index contributed by atoms with van der Waals surface area (Å²) >= 11 is 0. The van der Waals surface area contributed by atoms with Crippen LogP contribution in [-0.2, 0) is 4.74 Å². The highest BCUT2D eigenvalue weighted by molar-refractivity contribution is 5.71. The lowest BCUT2D eigenvalue weighted by atomic mass is 10.5. The molecule has 9 nitrogen and oxygen atoms in total. The van der Waals surface area contributed by atoms with Crippen molar-refractivity contribution in [2.45, 2.75) is 0 Å². The van der Waals surface area contributed by atoms with Crippen LogP contribution in [0.2, 0.25) is 0 Å². The van der Waals surface area contributed by atoms with Crippen LogP contribution in [0.15, 0.2) is 0 Å². The molecule has 0 atom stereocenters. The summed E-state index contributed by atoms with van der Waals surface area (Å²) in [4.78, 5) is 18.1. The second-order valence-electron chi connectivity index (χ2n) is 6.08. The van der Waals surface area contributed by atoms with Gasteiger partial charge in [0, 0.05) is 0 Å². The summed E-state index contributed by atoms with van der Waals surface area (Å²) in [6, 6.07) is 0. The van der Waals surface area contributed by atoms with E-state index in [1.807, 2.05) is 0 Å². The number of ether oxygens (including phenoxy) is 1. The number of carbonyl (C=O) groups excluding carboxylic acids is 2. The molecule has 9 heteroatoms. The molecular formula is C12H28N2O7. The van der Waals surface area contributed by atoms with Gasteiger partial charge in [-0.15, -0.1) is 0 Å². The fourth-order valence-corrected chi connectivity index (χ4v) is 0.668. The van der Waals surface area contributed by atoms with Crippen molar-refractivity contribution < 1.29 is 43.7 Å². The van der Waals surface area contributed by atoms with E-state index in [2.05, 4.69) is 47.0 Å². The molecule has 0 saturated heterocycles. The second-order valence-corrected chi connectivity index (χ2v) is 6.08. The molecule has 21 heavy (non-hydrogen) atoms. The molecule has 0 radical (unpaired) electrons. The first-order valence-corrected chi connectivity index (χ1v) is 6.17. The highest BCUT2D eigenvalue weighted by atomic mass is 16.7. The normalized spacial score (nSPS) is 10.5. The molecule has 0 aromatic heterocycles. The van der Waals surface area contributed by atoms with Gasteiger partial charge in [-0.25, -0.2) is 0 Å². The Morgan fingerprint density at radius 1 is 0.810 bits per heavy atom. The Hall–Kier alpha value is -1.42. The van der Waals surface area contributed by atoms with Gasteiger partial charge in [-0.2, -0.15) is 0 Å². The summed E-state index contributed by atoms with van der Waals surface area (Å²) in [6.45, 7) is 2.23. The van der Waals surface area contributed by atoms with E-state index in [0.29, 0.717) is 0 Å². The van der Waals surface area contributed by atoms with E-state index < -0.39 is 12.3 Å². The van der Waals surface area contributed by atoms with Crippen LogP contribution in [0.4, 0.5) is 9.59 Å². The quantitative estimate of drug-likeness (QED) is 0.322. The molecule has 0 unspecified atom stereocenters. The summed E-state index contributed by atoms with van der Waals surface area (Å²) in [5.74, 6) is 0. The molecule has 0 heterocycles. The number of carboxylic acid groups (broad SMARTS) is 2. The highest BCUT2D eigenvalue weighted by Crippen LogP contribution is 1.85. The molecule has 0 bridgehead atoms. The van der Waals surface area contributed by atoms with Gasteiger partial charge >= 0.3 is 0 Å². The number of aliphatic hydroxyl groups is 2. The number of aliphatic hydroxyl groups excluding tert-OH is 2. The van der Waals surface area contributed by atoms with Crippen molar-refractivity contribution >= 4 is 12.3 Å². The molecule has 0 spiro atoms. The number of quaternary nitrogens is 2. The maximum absolute atomic E-state index is 9.06. The number of rotatable bonds is 4. The van der Waals surface area contributed by atoms with Crippen molar-refractivity contribution in [3.05, 3.63) is 0 Å². The molecule has 0 aliphatic heterocycles. The molecule has 0 aliphatic rings. The number of carbonyl (C=O) groups is 2. The van der Waals surface area contributed by atoms with Crippen LogP contribution in [0.5, 0.6) is 0 Å². The Labute approximate surface area is 125 Å². The van der Waals surface area contributed by atoms with Gasteiger partial charge in [0.1, 0.15) is 13.1 Å². The van der Waals surface area contributed by atoms with Gasteiger partial charge in [-0.05, 0) is 0 Å². The molecule has 0 aliphatic carbocycles. The van der Waals surface area contributed by atoms with Gasteiger partial charge in [0.2, 0.25) is 0 Å². The van der Waals surface area contributed by atoms with Gasteiger partial charge in [0.05, 0.1) is 55.5 Å². The van der Waals surface area contributed by atoms with Crippen LogP contribution >= 0.6 is 0 Å². The Bertz CT molecular complexity index is 254. The fourth-order valence-electron chi connectivity index (χ4n) is 0.668. The fraction of sp³-hybridized carbons (Fsp3) is 0.833. The van der Waals surface area contributed by atoms with Crippen molar-refractivity contribution in [1.82, 2.24) is 0 Å². The van der Waals surface area contributed by atoms with Crippen LogP contribution in [0.25, 0.3) is 0 Å². The Morgan fingerprint density at radius 3 is 1.05 bits per heavy atom. The third-order valence-electron chi connectivity index (χ3n) is 1.71. The zero-order chi connectivity index (χ0) is 17.7. The van der Waals surface area contributed by atoms with Crippen LogP contribution in [0.3, 0.4) is 0 Å². The predicted molar refractivity (Wildman–Crippen MR) is 71.8 cm³/mol. The number of nitrogens with zero attached hydrogens (tertiary/aromatic N) is 2. The van der Waals surface area contributed by atoms with Gasteiger partial charge in [-0.1, -0.05) is 0 Å². The average molecular weight is 312 g/mol. The third-order valence-corrected chi connectivity index (χ3v) is 1.71. The lowest BCUT2D eigenvalue weighted by Crippen LogP contribution is -2.36. The Morgan fingerprint density at radius 2 is 1.05 bits per heavy atom. The largest absolute Gasteiger partial charge is 0.483 e. The summed E-state index contributed by atoms with van der Waals surface area (Å²) < 4.78 is 4.55. The van der Waals surface area contributed by atoms with Crippen molar-refractivity contribution in [2.75, 3.05) is 68.6 Å². The van der Waals surface area contributed by atoms with E-state index >= 15 is 0 Å². The minimum Gasteiger partial charge on any atom is -0.483 e. The molecule has 0 amide bonds. The van der Waals surface area contributed by atoms with E-state index in [-0.39, 0.29) is 13.2 Å². The van der Waals surface area contributed by atoms with E-state index in [9.17, 15) is 0 Å². The third kappa shape index (κ3) is 45.6. The molecule has 0 rings (SSSR count). The Kier molecular flexibility index (Phi) is 14.4. The lowest BCUT2D eigenvalue weighted by molar-refractivity contribution is -0.870. The average Bonchev–Trinajstić information content (AvgIpc) is 2.12. The number of hydrogen-bond donors (Lipinski definition) is 2. The minimum atomic E-state index is -2.12. The summed E-state index contributed by atoms with van der Waals surface area (Å²) in [6.07, 6.45) is -4.25. The summed E-state index contributed by atoms with van der Waals surface area (Å²) in [7, 11) is 12.3. The van der Waals surface area contributed by atoms with Crippen LogP contribution < -0.4 is 10.2 Å². The van der Waals surface area contributed by atoms with Crippen LogP contribution in [0.1, 0.15) is 0 Å². The van der Waals surface area contributed by atoms with Gasteiger partial charge in [0.15, 0.2) is 0 Å². The molecule has 0 aromatic rings.